The van der Waals surface area contributed by atoms with Crippen molar-refractivity contribution in [2.24, 2.45) is 0 Å². The first-order chi connectivity index (χ1) is 7.69. The van der Waals surface area contributed by atoms with Crippen LogP contribution in [-0.4, -0.2) is 4.57 Å². The molecule has 0 spiro atoms. The second-order valence-corrected chi connectivity index (χ2v) is 4.33. The normalized spacial score (nSPS) is 12.6. The van der Waals surface area contributed by atoms with E-state index in [0.29, 0.717) is 16.6 Å². The highest BCUT2D eigenvalue weighted by atomic mass is 35.5. The summed E-state index contributed by atoms with van der Waals surface area (Å²) in [4.78, 5) is 0. The van der Waals surface area contributed by atoms with Crippen LogP contribution in [0.2, 0.25) is 5.02 Å². The first-order valence-corrected chi connectivity index (χ1v) is 5.76. The van der Waals surface area contributed by atoms with Crippen LogP contribution in [0, 0.1) is 11.3 Å². The van der Waals surface area contributed by atoms with Crippen LogP contribution in [-0.2, 0) is 0 Å². The molecule has 0 saturated heterocycles. The van der Waals surface area contributed by atoms with Gasteiger partial charge in [0.2, 0.25) is 0 Å². The summed E-state index contributed by atoms with van der Waals surface area (Å²) < 4.78 is 2.20. The number of benzene rings is 1. The summed E-state index contributed by atoms with van der Waals surface area (Å²) >= 11 is 6.17. The van der Waals surface area contributed by atoms with Gasteiger partial charge in [0.25, 0.3) is 0 Å². The van der Waals surface area contributed by atoms with Crippen molar-refractivity contribution in [3.63, 3.8) is 0 Å². The van der Waals surface area contributed by atoms with Gasteiger partial charge in [-0.05, 0) is 31.5 Å². The van der Waals surface area contributed by atoms with E-state index in [1.54, 1.807) is 6.07 Å². The molecule has 2 nitrogen and oxygen atoms in total. The fourth-order valence-corrected chi connectivity index (χ4v) is 2.13. The number of aromatic nitrogens is 1. The Morgan fingerprint density at radius 3 is 2.81 bits per heavy atom. The Labute approximate surface area is 100 Å². The molecule has 3 heteroatoms. The Bertz CT molecular complexity index is 563. The molecule has 82 valence electrons. The van der Waals surface area contributed by atoms with E-state index in [1.165, 1.54) is 0 Å². The second-order valence-electron chi connectivity index (χ2n) is 3.95. The molecule has 0 bridgehead atoms. The molecule has 1 aromatic carbocycles. The molecule has 0 aliphatic rings. The van der Waals surface area contributed by atoms with Crippen LogP contribution in [0.25, 0.3) is 10.9 Å². The van der Waals surface area contributed by atoms with Crippen LogP contribution in [0.3, 0.4) is 0 Å². The van der Waals surface area contributed by atoms with E-state index in [0.717, 1.165) is 17.3 Å². The summed E-state index contributed by atoms with van der Waals surface area (Å²) in [6.45, 7) is 4.33. The summed E-state index contributed by atoms with van der Waals surface area (Å²) in [5, 5.41) is 10.4. The highest BCUT2D eigenvalue weighted by Crippen LogP contribution is 2.30. The number of rotatable bonds is 2. The van der Waals surface area contributed by atoms with Gasteiger partial charge in [-0.15, -0.1) is 0 Å². The zero-order valence-corrected chi connectivity index (χ0v) is 10.1. The van der Waals surface area contributed by atoms with E-state index >= 15 is 0 Å². The minimum Gasteiger partial charge on any atom is -0.345 e. The SMILES string of the molecule is CCC(C)n1ccc2c(Cl)c(C#N)ccc21. The number of fused-ring (bicyclic) bond motifs is 1. The average molecular weight is 233 g/mol. The van der Waals surface area contributed by atoms with Gasteiger partial charge in [-0.3, -0.25) is 0 Å². The first-order valence-electron chi connectivity index (χ1n) is 5.38. The molecule has 0 aliphatic heterocycles. The van der Waals surface area contributed by atoms with Gasteiger partial charge in [-0.2, -0.15) is 5.26 Å². The molecular weight excluding hydrogens is 220 g/mol. The van der Waals surface area contributed by atoms with Crippen LogP contribution < -0.4 is 0 Å². The van der Waals surface area contributed by atoms with E-state index < -0.39 is 0 Å². The van der Waals surface area contributed by atoms with Crippen molar-refractivity contribution in [2.45, 2.75) is 26.3 Å². The van der Waals surface area contributed by atoms with Gasteiger partial charge in [-0.1, -0.05) is 18.5 Å². The molecule has 1 heterocycles. The van der Waals surface area contributed by atoms with Crippen LogP contribution >= 0.6 is 11.6 Å². The van der Waals surface area contributed by atoms with Crippen LogP contribution in [0.15, 0.2) is 24.4 Å². The lowest BCUT2D eigenvalue weighted by atomic mass is 10.1. The highest BCUT2D eigenvalue weighted by Gasteiger charge is 2.11. The molecule has 0 fully saturated rings. The number of hydrogen-bond acceptors (Lipinski definition) is 1. The van der Waals surface area contributed by atoms with Gasteiger partial charge in [0.1, 0.15) is 6.07 Å². The van der Waals surface area contributed by atoms with Gasteiger partial charge in [0.15, 0.2) is 0 Å². The van der Waals surface area contributed by atoms with E-state index in [2.05, 4.69) is 24.5 Å². The molecule has 0 amide bonds. The van der Waals surface area contributed by atoms with Gasteiger partial charge < -0.3 is 4.57 Å². The van der Waals surface area contributed by atoms with Crippen molar-refractivity contribution < 1.29 is 0 Å². The van der Waals surface area contributed by atoms with Gasteiger partial charge in [0.05, 0.1) is 10.6 Å². The lowest BCUT2D eigenvalue weighted by Crippen LogP contribution is -2.01. The summed E-state index contributed by atoms with van der Waals surface area (Å²) in [5.74, 6) is 0. The number of hydrogen-bond donors (Lipinski definition) is 0. The van der Waals surface area contributed by atoms with Gasteiger partial charge in [-0.25, -0.2) is 0 Å². The minimum atomic E-state index is 0.446. The Hall–Kier alpha value is -1.46. The number of nitriles is 1. The maximum Gasteiger partial charge on any atom is 0.101 e. The van der Waals surface area contributed by atoms with Crippen molar-refractivity contribution in [1.29, 1.82) is 5.26 Å². The van der Waals surface area contributed by atoms with Crippen molar-refractivity contribution >= 4 is 22.5 Å². The maximum absolute atomic E-state index is 8.90. The van der Waals surface area contributed by atoms with Crippen molar-refractivity contribution in [2.75, 3.05) is 0 Å². The molecule has 2 rings (SSSR count). The maximum atomic E-state index is 8.90. The monoisotopic (exact) mass is 232 g/mol. The van der Waals surface area contributed by atoms with Crippen LogP contribution in [0.1, 0.15) is 31.9 Å². The Balaban J connectivity index is 2.68. The van der Waals surface area contributed by atoms with Crippen molar-refractivity contribution in [3.8, 4) is 6.07 Å². The second kappa shape index (κ2) is 4.19. The highest BCUT2D eigenvalue weighted by molar-refractivity contribution is 6.36. The zero-order chi connectivity index (χ0) is 11.7. The molecule has 16 heavy (non-hydrogen) atoms. The Morgan fingerprint density at radius 1 is 1.44 bits per heavy atom. The summed E-state index contributed by atoms with van der Waals surface area (Å²) in [5.41, 5.74) is 1.63. The lowest BCUT2D eigenvalue weighted by Gasteiger charge is -2.12. The third-order valence-electron chi connectivity index (χ3n) is 3.02. The van der Waals surface area contributed by atoms with Gasteiger partial charge >= 0.3 is 0 Å². The largest absolute Gasteiger partial charge is 0.345 e. The fourth-order valence-electron chi connectivity index (χ4n) is 1.87. The number of nitrogens with zero attached hydrogens (tertiary/aromatic N) is 2. The molecular formula is C13H13ClN2. The van der Waals surface area contributed by atoms with Crippen molar-refractivity contribution in [3.05, 3.63) is 35.0 Å². The number of halogens is 1. The topological polar surface area (TPSA) is 28.7 Å². The lowest BCUT2D eigenvalue weighted by molar-refractivity contribution is 0.548. The predicted molar refractivity (Wildman–Crippen MR) is 66.7 cm³/mol. The summed E-state index contributed by atoms with van der Waals surface area (Å²) in [6, 6.07) is 8.27. The molecule has 0 radical (unpaired) electrons. The summed E-state index contributed by atoms with van der Waals surface area (Å²) in [6.07, 6.45) is 3.10. The fraction of sp³-hybridized carbons (Fsp3) is 0.308. The van der Waals surface area contributed by atoms with Crippen LogP contribution in [0.5, 0.6) is 0 Å². The Kier molecular flexibility index (Phi) is 2.89. The minimum absolute atomic E-state index is 0.446. The molecule has 2 aromatic rings. The standard InChI is InChI=1S/C13H13ClN2/c1-3-9(2)16-7-6-11-12(16)5-4-10(8-15)13(11)14/h4-7,9H,3H2,1-2H3. The average Bonchev–Trinajstić information content (AvgIpc) is 2.73. The smallest absolute Gasteiger partial charge is 0.101 e. The zero-order valence-electron chi connectivity index (χ0n) is 9.37. The molecule has 1 unspecified atom stereocenters. The van der Waals surface area contributed by atoms with Gasteiger partial charge in [0, 0.05) is 23.1 Å². The predicted octanol–water partition coefficient (Wildman–Crippen LogP) is 4.14. The third kappa shape index (κ3) is 1.58. The molecule has 1 aromatic heterocycles. The first kappa shape index (κ1) is 11.0. The molecule has 0 N–H and O–H groups in total. The molecule has 0 saturated carbocycles. The molecule has 0 aliphatic carbocycles. The van der Waals surface area contributed by atoms with E-state index in [1.807, 2.05) is 18.3 Å². The van der Waals surface area contributed by atoms with E-state index in [-0.39, 0.29) is 0 Å². The third-order valence-corrected chi connectivity index (χ3v) is 3.43. The van der Waals surface area contributed by atoms with Crippen LogP contribution in [0.4, 0.5) is 0 Å². The van der Waals surface area contributed by atoms with E-state index in [4.69, 9.17) is 16.9 Å². The quantitative estimate of drug-likeness (QED) is 0.765. The molecule has 1 atom stereocenters. The summed E-state index contributed by atoms with van der Waals surface area (Å²) in [7, 11) is 0. The van der Waals surface area contributed by atoms with E-state index in [9.17, 15) is 0 Å². The van der Waals surface area contributed by atoms with Crippen molar-refractivity contribution in [1.82, 2.24) is 4.57 Å². The Morgan fingerprint density at radius 2 is 2.19 bits per heavy atom.